The van der Waals surface area contributed by atoms with Crippen LogP contribution in [0, 0.1) is 6.92 Å². The van der Waals surface area contributed by atoms with Gasteiger partial charge in [-0.1, -0.05) is 36.3 Å². The number of rotatable bonds is 5. The Kier molecular flexibility index (Phi) is 3.88. The molecule has 0 radical (unpaired) electrons. The fraction of sp³-hybridized carbons (Fsp3) is 0.385. The molecule has 1 aromatic carbocycles. The number of aryl methyl sites for hydroxylation is 1. The summed E-state index contributed by atoms with van der Waals surface area (Å²) in [6.45, 7) is 5.76. The first-order valence-corrected chi connectivity index (χ1v) is 5.90. The molecule has 0 bridgehead atoms. The average Bonchev–Trinajstić information content (AvgIpc) is 2.79. The predicted molar refractivity (Wildman–Crippen MR) is 66.5 cm³/mol. The minimum absolute atomic E-state index is 0.632. The second-order valence-corrected chi connectivity index (χ2v) is 4.00. The molecule has 4 nitrogen and oxygen atoms in total. The third-order valence-corrected chi connectivity index (χ3v) is 2.56. The summed E-state index contributed by atoms with van der Waals surface area (Å²) in [5, 5.41) is 7.23. The van der Waals surface area contributed by atoms with E-state index in [1.165, 1.54) is 0 Å². The molecule has 0 fully saturated rings. The lowest BCUT2D eigenvalue weighted by atomic mass is 10.1. The molecule has 0 unspecified atom stereocenters. The first-order chi connectivity index (χ1) is 8.31. The molecule has 90 valence electrons. The van der Waals surface area contributed by atoms with Crippen LogP contribution in [-0.2, 0) is 6.54 Å². The lowest BCUT2D eigenvalue weighted by molar-refractivity contribution is 0.368. The molecule has 0 aliphatic heterocycles. The summed E-state index contributed by atoms with van der Waals surface area (Å²) in [6.07, 6.45) is 1.10. The zero-order valence-electron chi connectivity index (χ0n) is 10.2. The Hall–Kier alpha value is -1.68. The van der Waals surface area contributed by atoms with Crippen LogP contribution in [0.1, 0.15) is 24.8 Å². The molecule has 4 heteroatoms. The van der Waals surface area contributed by atoms with E-state index >= 15 is 0 Å². The van der Waals surface area contributed by atoms with Crippen molar-refractivity contribution in [1.82, 2.24) is 15.5 Å². The molecule has 17 heavy (non-hydrogen) atoms. The molecule has 2 rings (SSSR count). The van der Waals surface area contributed by atoms with Crippen molar-refractivity contribution in [2.24, 2.45) is 0 Å². The Bertz CT molecular complexity index is 479. The Morgan fingerprint density at radius 2 is 2.12 bits per heavy atom. The largest absolute Gasteiger partial charge is 0.338 e. The molecule has 0 spiro atoms. The van der Waals surface area contributed by atoms with Crippen LogP contribution < -0.4 is 5.32 Å². The maximum absolute atomic E-state index is 5.20. The zero-order valence-corrected chi connectivity index (χ0v) is 10.2. The van der Waals surface area contributed by atoms with Crippen LogP contribution >= 0.6 is 0 Å². The highest BCUT2D eigenvalue weighted by atomic mass is 16.5. The molecule has 1 aromatic heterocycles. The summed E-state index contributed by atoms with van der Waals surface area (Å²) in [6, 6.07) is 8.03. The van der Waals surface area contributed by atoms with Gasteiger partial charge >= 0.3 is 0 Å². The van der Waals surface area contributed by atoms with Gasteiger partial charge in [0.15, 0.2) is 0 Å². The second kappa shape index (κ2) is 5.59. The first-order valence-electron chi connectivity index (χ1n) is 5.90. The van der Waals surface area contributed by atoms with Gasteiger partial charge in [0, 0.05) is 5.56 Å². The fourth-order valence-electron chi connectivity index (χ4n) is 1.63. The van der Waals surface area contributed by atoms with Gasteiger partial charge in [-0.15, -0.1) is 0 Å². The number of nitrogens with one attached hydrogen (secondary N) is 1. The van der Waals surface area contributed by atoms with Gasteiger partial charge in [0.05, 0.1) is 6.54 Å². The zero-order chi connectivity index (χ0) is 12.1. The van der Waals surface area contributed by atoms with E-state index in [0.717, 1.165) is 24.1 Å². The number of hydrogen-bond donors (Lipinski definition) is 1. The van der Waals surface area contributed by atoms with E-state index in [1.54, 1.807) is 0 Å². The van der Waals surface area contributed by atoms with Crippen molar-refractivity contribution in [3.05, 3.63) is 35.7 Å². The van der Waals surface area contributed by atoms with Crippen LogP contribution in [0.4, 0.5) is 0 Å². The van der Waals surface area contributed by atoms with Crippen LogP contribution in [-0.4, -0.2) is 16.7 Å². The van der Waals surface area contributed by atoms with Crippen molar-refractivity contribution in [3.8, 4) is 11.4 Å². The van der Waals surface area contributed by atoms with Crippen LogP contribution in [0.15, 0.2) is 28.8 Å². The van der Waals surface area contributed by atoms with Crippen molar-refractivity contribution >= 4 is 0 Å². The molecular formula is C13H17N3O. The summed E-state index contributed by atoms with van der Waals surface area (Å²) < 4.78 is 5.20. The topological polar surface area (TPSA) is 51.0 Å². The number of aromatic nitrogens is 2. The monoisotopic (exact) mass is 231 g/mol. The number of hydrogen-bond acceptors (Lipinski definition) is 4. The van der Waals surface area contributed by atoms with Crippen molar-refractivity contribution in [1.29, 1.82) is 0 Å². The van der Waals surface area contributed by atoms with Crippen LogP contribution in [0.2, 0.25) is 0 Å². The molecule has 0 saturated heterocycles. The Morgan fingerprint density at radius 3 is 2.88 bits per heavy atom. The molecule has 0 saturated carbocycles. The van der Waals surface area contributed by atoms with Crippen LogP contribution in [0.5, 0.6) is 0 Å². The number of nitrogens with zero attached hydrogens (tertiary/aromatic N) is 2. The van der Waals surface area contributed by atoms with E-state index in [1.807, 2.05) is 31.2 Å². The molecule has 0 aliphatic carbocycles. The predicted octanol–water partition coefficient (Wildman–Crippen LogP) is 2.54. The number of benzene rings is 1. The Labute approximate surface area is 101 Å². The van der Waals surface area contributed by atoms with Gasteiger partial charge in [0.25, 0.3) is 0 Å². The Balaban J connectivity index is 2.10. The van der Waals surface area contributed by atoms with E-state index in [9.17, 15) is 0 Å². The van der Waals surface area contributed by atoms with Gasteiger partial charge in [0.1, 0.15) is 0 Å². The molecule has 0 amide bonds. The standard InChI is InChI=1S/C13H17N3O/c1-3-8-14-9-12-15-13(16-17-12)11-7-5-4-6-10(11)2/h4-7,14H,3,8-9H2,1-2H3. The van der Waals surface area contributed by atoms with Crippen molar-refractivity contribution < 1.29 is 4.52 Å². The van der Waals surface area contributed by atoms with Crippen LogP contribution in [0.3, 0.4) is 0 Å². The van der Waals surface area contributed by atoms with E-state index in [0.29, 0.717) is 18.3 Å². The Morgan fingerprint density at radius 1 is 1.29 bits per heavy atom. The molecule has 1 N–H and O–H groups in total. The van der Waals surface area contributed by atoms with E-state index in [2.05, 4.69) is 22.4 Å². The van der Waals surface area contributed by atoms with Gasteiger partial charge in [-0.05, 0) is 25.5 Å². The third kappa shape index (κ3) is 2.91. The summed E-state index contributed by atoms with van der Waals surface area (Å²) >= 11 is 0. The maximum Gasteiger partial charge on any atom is 0.240 e. The smallest absolute Gasteiger partial charge is 0.240 e. The highest BCUT2D eigenvalue weighted by Crippen LogP contribution is 2.19. The van der Waals surface area contributed by atoms with Gasteiger partial charge in [-0.25, -0.2) is 0 Å². The van der Waals surface area contributed by atoms with Crippen molar-refractivity contribution in [2.45, 2.75) is 26.8 Å². The summed E-state index contributed by atoms with van der Waals surface area (Å²) in [5.41, 5.74) is 2.18. The molecular weight excluding hydrogens is 214 g/mol. The quantitative estimate of drug-likeness (QED) is 0.803. The highest BCUT2D eigenvalue weighted by Gasteiger charge is 2.09. The summed E-state index contributed by atoms with van der Waals surface area (Å²) in [4.78, 5) is 4.37. The SMILES string of the molecule is CCCNCc1nc(-c2ccccc2C)no1. The van der Waals surface area contributed by atoms with Gasteiger partial charge in [0.2, 0.25) is 11.7 Å². The summed E-state index contributed by atoms with van der Waals surface area (Å²) in [7, 11) is 0. The van der Waals surface area contributed by atoms with E-state index in [4.69, 9.17) is 4.52 Å². The maximum atomic E-state index is 5.20. The van der Waals surface area contributed by atoms with Gasteiger partial charge in [-0.2, -0.15) is 4.98 Å². The molecule has 0 atom stereocenters. The minimum atomic E-state index is 0.632. The van der Waals surface area contributed by atoms with Gasteiger partial charge in [-0.3, -0.25) is 0 Å². The minimum Gasteiger partial charge on any atom is -0.338 e. The first kappa shape index (κ1) is 11.8. The van der Waals surface area contributed by atoms with E-state index in [-0.39, 0.29) is 0 Å². The van der Waals surface area contributed by atoms with Crippen molar-refractivity contribution in [3.63, 3.8) is 0 Å². The average molecular weight is 231 g/mol. The summed E-state index contributed by atoms with van der Waals surface area (Å²) in [5.74, 6) is 1.30. The lowest BCUT2D eigenvalue weighted by Gasteiger charge is -1.98. The highest BCUT2D eigenvalue weighted by molar-refractivity contribution is 5.58. The van der Waals surface area contributed by atoms with Crippen molar-refractivity contribution in [2.75, 3.05) is 6.54 Å². The molecule has 2 aromatic rings. The second-order valence-electron chi connectivity index (χ2n) is 4.00. The van der Waals surface area contributed by atoms with Gasteiger partial charge < -0.3 is 9.84 Å². The normalized spacial score (nSPS) is 10.7. The van der Waals surface area contributed by atoms with Crippen LogP contribution in [0.25, 0.3) is 11.4 Å². The molecule has 1 heterocycles. The molecule has 0 aliphatic rings. The van der Waals surface area contributed by atoms with E-state index < -0.39 is 0 Å². The fourth-order valence-corrected chi connectivity index (χ4v) is 1.63. The third-order valence-electron chi connectivity index (χ3n) is 2.56. The lowest BCUT2D eigenvalue weighted by Crippen LogP contribution is -2.13.